The zero-order valence-electron chi connectivity index (χ0n) is 11.2. The zero-order chi connectivity index (χ0) is 15.0. The number of nitro groups is 1. The molecule has 21 heavy (non-hydrogen) atoms. The van der Waals surface area contributed by atoms with Crippen molar-refractivity contribution in [3.8, 4) is 0 Å². The first-order chi connectivity index (χ1) is 10.1. The number of nitrogens with two attached hydrogens (primary N) is 1. The van der Waals surface area contributed by atoms with Crippen molar-refractivity contribution in [3.05, 3.63) is 52.1 Å². The van der Waals surface area contributed by atoms with Crippen molar-refractivity contribution >= 4 is 22.7 Å². The molecule has 0 aliphatic rings. The third-order valence-electron chi connectivity index (χ3n) is 3.27. The van der Waals surface area contributed by atoms with Gasteiger partial charge in [0.2, 0.25) is 5.95 Å². The predicted octanol–water partition coefficient (Wildman–Crippen LogP) is 1.44. The summed E-state index contributed by atoms with van der Waals surface area (Å²) in [5, 5.41) is 11.0. The summed E-state index contributed by atoms with van der Waals surface area (Å²) in [5.41, 5.74) is 7.41. The van der Waals surface area contributed by atoms with Crippen molar-refractivity contribution in [1.29, 1.82) is 0 Å². The third-order valence-corrected chi connectivity index (χ3v) is 3.27. The third kappa shape index (κ3) is 2.27. The fourth-order valence-corrected chi connectivity index (χ4v) is 2.21. The Bertz CT molecular complexity index is 842. The van der Waals surface area contributed by atoms with E-state index in [2.05, 4.69) is 15.0 Å². The van der Waals surface area contributed by atoms with Gasteiger partial charge >= 0.3 is 5.69 Å². The van der Waals surface area contributed by atoms with E-state index in [9.17, 15) is 10.1 Å². The number of hydrogen-bond donors (Lipinski definition) is 1. The number of para-hydroxylation sites is 2. The molecule has 1 aromatic carbocycles. The molecule has 8 nitrogen and oxygen atoms in total. The van der Waals surface area contributed by atoms with Crippen LogP contribution in [0.4, 0.5) is 11.6 Å². The number of hydrogen-bond acceptors (Lipinski definition) is 6. The minimum absolute atomic E-state index is 0.00867. The Morgan fingerprint density at radius 3 is 2.81 bits per heavy atom. The summed E-state index contributed by atoms with van der Waals surface area (Å²) in [4.78, 5) is 22.6. The van der Waals surface area contributed by atoms with Gasteiger partial charge in [0.15, 0.2) is 0 Å². The number of aromatic nitrogens is 4. The van der Waals surface area contributed by atoms with Gasteiger partial charge in [0.25, 0.3) is 0 Å². The molecule has 8 heteroatoms. The average molecular weight is 284 g/mol. The van der Waals surface area contributed by atoms with Gasteiger partial charge in [0.05, 0.1) is 22.4 Å². The number of aryl methyl sites for hydroxylation is 1. The van der Waals surface area contributed by atoms with Gasteiger partial charge in [-0.1, -0.05) is 12.1 Å². The molecule has 0 saturated heterocycles. The molecular formula is C13H12N6O2. The average Bonchev–Trinajstić information content (AvgIpc) is 2.76. The monoisotopic (exact) mass is 284 g/mol. The van der Waals surface area contributed by atoms with Crippen LogP contribution in [0.2, 0.25) is 0 Å². The summed E-state index contributed by atoms with van der Waals surface area (Å²) >= 11 is 0. The van der Waals surface area contributed by atoms with Crippen molar-refractivity contribution in [1.82, 2.24) is 19.5 Å². The molecule has 2 N–H and O–H groups in total. The molecular weight excluding hydrogens is 272 g/mol. The lowest BCUT2D eigenvalue weighted by atomic mass is 10.2. The molecule has 3 aromatic rings. The first-order valence-electron chi connectivity index (χ1n) is 6.22. The van der Waals surface area contributed by atoms with E-state index < -0.39 is 4.92 Å². The van der Waals surface area contributed by atoms with Crippen LogP contribution in [0.1, 0.15) is 11.5 Å². The molecule has 0 aliphatic carbocycles. The van der Waals surface area contributed by atoms with Crippen LogP contribution >= 0.6 is 0 Å². The summed E-state index contributed by atoms with van der Waals surface area (Å²) in [6, 6.07) is 7.64. The van der Waals surface area contributed by atoms with Crippen molar-refractivity contribution in [2.45, 2.75) is 6.42 Å². The highest BCUT2D eigenvalue weighted by atomic mass is 16.6. The van der Waals surface area contributed by atoms with Crippen LogP contribution in [0.5, 0.6) is 0 Å². The summed E-state index contributed by atoms with van der Waals surface area (Å²) < 4.78 is 1.89. The van der Waals surface area contributed by atoms with Crippen LogP contribution in [0.3, 0.4) is 0 Å². The Morgan fingerprint density at radius 2 is 2.10 bits per heavy atom. The molecule has 2 aromatic heterocycles. The Morgan fingerprint density at radius 1 is 1.33 bits per heavy atom. The quantitative estimate of drug-likeness (QED) is 0.575. The highest BCUT2D eigenvalue weighted by Gasteiger charge is 2.19. The Hall–Kier alpha value is -3.03. The summed E-state index contributed by atoms with van der Waals surface area (Å²) in [6.45, 7) is 0. The Kier molecular flexibility index (Phi) is 2.98. The Labute approximate surface area is 119 Å². The predicted molar refractivity (Wildman–Crippen MR) is 76.6 cm³/mol. The van der Waals surface area contributed by atoms with E-state index in [0.717, 1.165) is 17.2 Å². The molecule has 0 saturated carbocycles. The molecule has 0 aliphatic heterocycles. The van der Waals surface area contributed by atoms with E-state index >= 15 is 0 Å². The number of benzene rings is 1. The van der Waals surface area contributed by atoms with Crippen molar-refractivity contribution in [2.24, 2.45) is 7.05 Å². The molecule has 0 bridgehead atoms. The number of fused-ring (bicyclic) bond motifs is 1. The van der Waals surface area contributed by atoms with Gasteiger partial charge in [-0.3, -0.25) is 10.1 Å². The summed E-state index contributed by atoms with van der Waals surface area (Å²) in [7, 11) is 1.86. The van der Waals surface area contributed by atoms with E-state index in [1.807, 2.05) is 35.9 Å². The summed E-state index contributed by atoms with van der Waals surface area (Å²) in [5.74, 6) is 0.687. The number of rotatable bonds is 3. The van der Waals surface area contributed by atoms with Crippen LogP contribution in [-0.4, -0.2) is 24.4 Å². The number of nitrogen functional groups attached to an aromatic ring is 1. The minimum atomic E-state index is -0.516. The van der Waals surface area contributed by atoms with Gasteiger partial charge in [0.1, 0.15) is 17.7 Å². The lowest BCUT2D eigenvalue weighted by Crippen LogP contribution is -2.07. The van der Waals surface area contributed by atoms with Crippen molar-refractivity contribution in [2.75, 3.05) is 5.73 Å². The van der Waals surface area contributed by atoms with Crippen LogP contribution < -0.4 is 5.73 Å². The topological polar surface area (TPSA) is 113 Å². The highest BCUT2D eigenvalue weighted by molar-refractivity contribution is 5.75. The largest absolute Gasteiger partial charge is 0.368 e. The molecule has 0 spiro atoms. The molecule has 0 radical (unpaired) electrons. The molecule has 2 heterocycles. The second-order valence-electron chi connectivity index (χ2n) is 4.57. The second-order valence-corrected chi connectivity index (χ2v) is 4.57. The molecule has 106 valence electrons. The van der Waals surface area contributed by atoms with E-state index in [4.69, 9.17) is 5.73 Å². The Balaban J connectivity index is 2.08. The van der Waals surface area contributed by atoms with Crippen molar-refractivity contribution in [3.63, 3.8) is 0 Å². The van der Waals surface area contributed by atoms with Gasteiger partial charge < -0.3 is 10.3 Å². The van der Waals surface area contributed by atoms with E-state index in [1.165, 1.54) is 0 Å². The van der Waals surface area contributed by atoms with Gasteiger partial charge in [0, 0.05) is 7.05 Å². The maximum Gasteiger partial charge on any atom is 0.309 e. The number of nitrogens with zero attached hydrogens (tertiary/aromatic N) is 5. The molecule has 3 rings (SSSR count). The van der Waals surface area contributed by atoms with Gasteiger partial charge in [-0.25, -0.2) is 15.0 Å². The standard InChI is InChI=1S/C13H12N6O2/c1-18-10-5-3-2-4-8(10)16-12(18)6-9-11(19(20)21)7-15-13(14)17-9/h2-5,7H,6H2,1H3,(H2,14,15,17). The van der Waals surface area contributed by atoms with Gasteiger partial charge in [-0.15, -0.1) is 0 Å². The fraction of sp³-hybridized carbons (Fsp3) is 0.154. The SMILES string of the molecule is Cn1c(Cc2nc(N)ncc2[N+](=O)[O-])nc2ccccc21. The second kappa shape index (κ2) is 4.82. The first-order valence-corrected chi connectivity index (χ1v) is 6.22. The minimum Gasteiger partial charge on any atom is -0.368 e. The zero-order valence-corrected chi connectivity index (χ0v) is 11.2. The smallest absolute Gasteiger partial charge is 0.309 e. The van der Waals surface area contributed by atoms with E-state index in [-0.39, 0.29) is 23.8 Å². The van der Waals surface area contributed by atoms with Crippen molar-refractivity contribution < 1.29 is 4.92 Å². The molecule has 0 fully saturated rings. The number of anilines is 1. The summed E-state index contributed by atoms with van der Waals surface area (Å²) in [6.07, 6.45) is 1.34. The van der Waals surface area contributed by atoms with E-state index in [1.54, 1.807) is 0 Å². The maximum absolute atomic E-state index is 11.0. The van der Waals surface area contributed by atoms with Crippen LogP contribution in [0.25, 0.3) is 11.0 Å². The van der Waals surface area contributed by atoms with E-state index in [0.29, 0.717) is 5.82 Å². The van der Waals surface area contributed by atoms with Gasteiger partial charge in [-0.2, -0.15) is 0 Å². The van der Waals surface area contributed by atoms with Crippen LogP contribution in [0.15, 0.2) is 30.5 Å². The number of imidazole rings is 1. The van der Waals surface area contributed by atoms with Crippen LogP contribution in [-0.2, 0) is 13.5 Å². The first kappa shape index (κ1) is 13.0. The lowest BCUT2D eigenvalue weighted by molar-refractivity contribution is -0.386. The normalized spacial score (nSPS) is 10.9. The van der Waals surface area contributed by atoms with Gasteiger partial charge in [-0.05, 0) is 12.1 Å². The fourth-order valence-electron chi connectivity index (χ4n) is 2.21. The molecule has 0 atom stereocenters. The molecule has 0 amide bonds. The maximum atomic E-state index is 11.0. The van der Waals surface area contributed by atoms with Crippen LogP contribution in [0, 0.1) is 10.1 Å². The highest BCUT2D eigenvalue weighted by Crippen LogP contribution is 2.21. The lowest BCUT2D eigenvalue weighted by Gasteiger charge is -2.03. The molecule has 0 unspecified atom stereocenters.